The number of phenolic OH excluding ortho intramolecular Hbond substituents is 2. The molecule has 0 aliphatic heterocycles. The number of rotatable bonds is 9. The summed E-state index contributed by atoms with van der Waals surface area (Å²) in [7, 11) is 4.70. The van der Waals surface area contributed by atoms with E-state index in [1.54, 1.807) is 21.3 Å². The average molecular weight is 400 g/mol. The number of ether oxygens (including phenoxy) is 3. The van der Waals surface area contributed by atoms with Crippen LogP contribution in [0.15, 0.2) is 30.3 Å². The number of aliphatic hydroxyl groups excluding tert-OH is 1. The average Bonchev–Trinajstić information content (AvgIpc) is 2.64. The molecule has 0 radical (unpaired) electrons. The van der Waals surface area contributed by atoms with Gasteiger partial charge in [-0.25, -0.2) is 0 Å². The summed E-state index contributed by atoms with van der Waals surface area (Å²) in [6.45, 7) is 0.872. The van der Waals surface area contributed by atoms with Crippen LogP contribution in [0.5, 0.6) is 28.7 Å². The van der Waals surface area contributed by atoms with Gasteiger partial charge in [0.05, 0.1) is 27.4 Å². The fraction of sp³-hybridized carbons (Fsp3) is 0.368. The summed E-state index contributed by atoms with van der Waals surface area (Å²) in [6, 6.07) is 7.88. The van der Waals surface area contributed by atoms with E-state index < -0.39 is 6.10 Å². The number of hydrogen-bond acceptors (Lipinski definition) is 7. The standard InChI is InChI=1S/C19H25NO6.ClH/c1-24-17-8-12(9-18(25-2)19(17)26-3)6-7-20-11-16(23)14-5-4-13(21)10-15(14)22;/h4-5,8-10,16,20-23H,6-7,11H2,1-3H3;1H. The topological polar surface area (TPSA) is 100 Å². The highest BCUT2D eigenvalue weighted by Gasteiger charge is 2.14. The van der Waals surface area contributed by atoms with Crippen LogP contribution in [0.1, 0.15) is 17.2 Å². The van der Waals surface area contributed by atoms with Crippen LogP contribution in [0, 0.1) is 0 Å². The number of halogens is 1. The zero-order chi connectivity index (χ0) is 19.1. The molecule has 0 aliphatic carbocycles. The second kappa shape index (κ2) is 10.7. The first-order chi connectivity index (χ1) is 12.5. The van der Waals surface area contributed by atoms with Crippen molar-refractivity contribution < 1.29 is 29.5 Å². The molecule has 4 N–H and O–H groups in total. The van der Waals surface area contributed by atoms with E-state index in [0.717, 1.165) is 5.56 Å². The zero-order valence-electron chi connectivity index (χ0n) is 15.6. The molecule has 1 atom stereocenters. The molecule has 0 heterocycles. The highest BCUT2D eigenvalue weighted by Crippen LogP contribution is 2.38. The summed E-state index contributed by atoms with van der Waals surface area (Å²) in [6.07, 6.45) is -0.194. The van der Waals surface area contributed by atoms with Crippen molar-refractivity contribution in [2.45, 2.75) is 12.5 Å². The van der Waals surface area contributed by atoms with Gasteiger partial charge in [0.15, 0.2) is 11.5 Å². The molecule has 0 saturated carbocycles. The maximum atomic E-state index is 10.2. The third kappa shape index (κ3) is 5.82. The normalized spacial score (nSPS) is 11.4. The van der Waals surface area contributed by atoms with Gasteiger partial charge in [-0.1, -0.05) is 0 Å². The first-order valence-electron chi connectivity index (χ1n) is 8.19. The summed E-state index contributed by atoms with van der Waals surface area (Å²) in [5, 5.41) is 32.4. The number of aromatic hydroxyl groups is 2. The molecule has 0 bridgehead atoms. The number of nitrogens with one attached hydrogen (secondary N) is 1. The lowest BCUT2D eigenvalue weighted by molar-refractivity contribution is 0.171. The molecule has 0 amide bonds. The molecule has 7 nitrogen and oxygen atoms in total. The second-order valence-corrected chi connectivity index (χ2v) is 5.75. The molecule has 0 fully saturated rings. The summed E-state index contributed by atoms with van der Waals surface area (Å²) in [5.74, 6) is 1.55. The van der Waals surface area contributed by atoms with Crippen molar-refractivity contribution in [3.8, 4) is 28.7 Å². The third-order valence-electron chi connectivity index (χ3n) is 4.03. The smallest absolute Gasteiger partial charge is 0.203 e. The largest absolute Gasteiger partial charge is 0.508 e. The Bertz CT molecular complexity index is 715. The Kier molecular flexibility index (Phi) is 9.00. The number of aliphatic hydroxyl groups is 1. The van der Waals surface area contributed by atoms with Crippen molar-refractivity contribution in [3.05, 3.63) is 41.5 Å². The molecule has 1 unspecified atom stereocenters. The molecule has 150 valence electrons. The van der Waals surface area contributed by atoms with E-state index in [1.165, 1.54) is 18.2 Å². The maximum Gasteiger partial charge on any atom is 0.203 e. The van der Waals surface area contributed by atoms with Gasteiger partial charge in [-0.3, -0.25) is 0 Å². The Morgan fingerprint density at radius 2 is 1.59 bits per heavy atom. The third-order valence-corrected chi connectivity index (χ3v) is 4.03. The number of phenols is 2. The lowest BCUT2D eigenvalue weighted by Gasteiger charge is -2.15. The van der Waals surface area contributed by atoms with E-state index in [2.05, 4.69) is 5.32 Å². The highest BCUT2D eigenvalue weighted by atomic mass is 35.5. The fourth-order valence-corrected chi connectivity index (χ4v) is 2.68. The first-order valence-corrected chi connectivity index (χ1v) is 8.19. The van der Waals surface area contributed by atoms with Gasteiger partial charge in [-0.2, -0.15) is 0 Å². The van der Waals surface area contributed by atoms with Crippen LogP contribution in [-0.4, -0.2) is 49.7 Å². The van der Waals surface area contributed by atoms with Crippen molar-refractivity contribution in [1.29, 1.82) is 0 Å². The molecule has 0 aromatic heterocycles. The van der Waals surface area contributed by atoms with Crippen molar-refractivity contribution in [2.24, 2.45) is 0 Å². The molecule has 8 heteroatoms. The van der Waals surface area contributed by atoms with Crippen molar-refractivity contribution >= 4 is 12.4 Å². The predicted molar refractivity (Wildman–Crippen MR) is 105 cm³/mol. The number of benzene rings is 2. The summed E-state index contributed by atoms with van der Waals surface area (Å²) in [4.78, 5) is 0. The van der Waals surface area contributed by atoms with E-state index in [9.17, 15) is 15.3 Å². The Balaban J connectivity index is 0.00000364. The quantitative estimate of drug-likeness (QED) is 0.480. The predicted octanol–water partition coefficient (Wildman–Crippen LogP) is 2.41. The minimum Gasteiger partial charge on any atom is -0.508 e. The van der Waals surface area contributed by atoms with Crippen LogP contribution in [0.2, 0.25) is 0 Å². The van der Waals surface area contributed by atoms with Crippen molar-refractivity contribution in [3.63, 3.8) is 0 Å². The van der Waals surface area contributed by atoms with Gasteiger partial charge < -0.3 is 34.8 Å². The van der Waals surface area contributed by atoms with Gasteiger partial charge in [-0.15, -0.1) is 12.4 Å². The van der Waals surface area contributed by atoms with Crippen LogP contribution in [0.3, 0.4) is 0 Å². The van der Waals surface area contributed by atoms with Gasteiger partial charge >= 0.3 is 0 Å². The molecular formula is C19H26ClNO6. The van der Waals surface area contributed by atoms with E-state index in [0.29, 0.717) is 35.8 Å². The Labute approximate surface area is 164 Å². The van der Waals surface area contributed by atoms with Gasteiger partial charge in [0.25, 0.3) is 0 Å². The Morgan fingerprint density at radius 1 is 0.963 bits per heavy atom. The van der Waals surface area contributed by atoms with Crippen LogP contribution >= 0.6 is 12.4 Å². The van der Waals surface area contributed by atoms with E-state index in [4.69, 9.17) is 14.2 Å². The minimum absolute atomic E-state index is 0. The van der Waals surface area contributed by atoms with Crippen LogP contribution in [-0.2, 0) is 6.42 Å². The second-order valence-electron chi connectivity index (χ2n) is 5.75. The Morgan fingerprint density at radius 3 is 2.11 bits per heavy atom. The SMILES string of the molecule is COc1cc(CCNCC(O)c2ccc(O)cc2O)cc(OC)c1OC.Cl. The summed E-state index contributed by atoms with van der Waals surface area (Å²) in [5.41, 5.74) is 1.36. The monoisotopic (exact) mass is 399 g/mol. The molecule has 0 spiro atoms. The summed E-state index contributed by atoms with van der Waals surface area (Å²) < 4.78 is 16.0. The van der Waals surface area contributed by atoms with Gasteiger partial charge in [0, 0.05) is 18.2 Å². The minimum atomic E-state index is -0.879. The fourth-order valence-electron chi connectivity index (χ4n) is 2.68. The number of hydrogen-bond donors (Lipinski definition) is 4. The van der Waals surface area contributed by atoms with Crippen molar-refractivity contribution in [2.75, 3.05) is 34.4 Å². The van der Waals surface area contributed by atoms with E-state index >= 15 is 0 Å². The van der Waals surface area contributed by atoms with Gasteiger partial charge in [0.2, 0.25) is 5.75 Å². The van der Waals surface area contributed by atoms with Crippen molar-refractivity contribution in [1.82, 2.24) is 5.32 Å². The first kappa shape index (κ1) is 22.7. The molecule has 0 saturated heterocycles. The van der Waals surface area contributed by atoms with Gasteiger partial charge in [-0.05, 0) is 42.8 Å². The molecular weight excluding hydrogens is 374 g/mol. The molecule has 2 aromatic carbocycles. The lowest BCUT2D eigenvalue weighted by atomic mass is 10.1. The summed E-state index contributed by atoms with van der Waals surface area (Å²) >= 11 is 0. The van der Waals surface area contributed by atoms with Crippen LogP contribution in [0.25, 0.3) is 0 Å². The van der Waals surface area contributed by atoms with Crippen LogP contribution in [0.4, 0.5) is 0 Å². The zero-order valence-corrected chi connectivity index (χ0v) is 16.4. The maximum absolute atomic E-state index is 10.2. The Hall–Kier alpha value is -2.35. The molecule has 27 heavy (non-hydrogen) atoms. The number of methoxy groups -OCH3 is 3. The van der Waals surface area contributed by atoms with Crippen LogP contribution < -0.4 is 19.5 Å². The highest BCUT2D eigenvalue weighted by molar-refractivity contribution is 5.85. The van der Waals surface area contributed by atoms with E-state index in [1.807, 2.05) is 12.1 Å². The molecule has 2 aromatic rings. The lowest BCUT2D eigenvalue weighted by Crippen LogP contribution is -2.23. The van der Waals surface area contributed by atoms with E-state index in [-0.39, 0.29) is 30.5 Å². The molecule has 2 rings (SSSR count). The molecule has 0 aliphatic rings. The van der Waals surface area contributed by atoms with Gasteiger partial charge in [0.1, 0.15) is 11.5 Å².